The molecule has 4 atom stereocenters. The van der Waals surface area contributed by atoms with Gasteiger partial charge in [-0.25, -0.2) is 19.7 Å². The molecule has 1 saturated heterocycles. The number of carbonyl (C=O) groups excluding carboxylic acids is 3. The maximum Gasteiger partial charge on any atom is 0.407 e. The Morgan fingerprint density at radius 1 is 0.836 bits per heavy atom. The summed E-state index contributed by atoms with van der Waals surface area (Å²) in [5, 5.41) is 8.63. The van der Waals surface area contributed by atoms with Gasteiger partial charge in [0, 0.05) is 30.0 Å². The smallest absolute Gasteiger partial charge is 0.407 e. The van der Waals surface area contributed by atoms with E-state index < -0.39 is 12.1 Å². The molecule has 13 heteroatoms. The van der Waals surface area contributed by atoms with Crippen molar-refractivity contribution in [2.45, 2.75) is 90.8 Å². The van der Waals surface area contributed by atoms with Crippen LogP contribution in [-0.4, -0.2) is 67.4 Å². The topological polar surface area (TPSA) is 158 Å². The highest BCUT2D eigenvalue weighted by atomic mass is 32.1. The van der Waals surface area contributed by atoms with E-state index >= 15 is 0 Å². The van der Waals surface area contributed by atoms with E-state index in [1.165, 1.54) is 7.11 Å². The monoisotopic (exact) mass is 764 g/mol. The number of thiazole rings is 1. The van der Waals surface area contributed by atoms with E-state index in [9.17, 15) is 14.4 Å². The molecule has 290 valence electrons. The molecule has 2 aromatic carbocycles. The van der Waals surface area contributed by atoms with Crippen LogP contribution in [0.2, 0.25) is 0 Å². The van der Waals surface area contributed by atoms with Gasteiger partial charge in [-0.05, 0) is 53.9 Å². The molecule has 7 rings (SSSR count). The Morgan fingerprint density at radius 3 is 2.04 bits per heavy atom. The van der Waals surface area contributed by atoms with E-state index in [1.807, 2.05) is 50.4 Å². The van der Waals surface area contributed by atoms with E-state index in [0.717, 1.165) is 88.8 Å². The number of nitrogens with one attached hydrogen (secondary N) is 4. The zero-order valence-corrected chi connectivity index (χ0v) is 33.1. The fraction of sp³-hybridized carbons (Fsp3) is 0.429. The average molecular weight is 765 g/mol. The lowest BCUT2D eigenvalue weighted by molar-refractivity contribution is -0.135. The molecular weight excluding hydrogens is 713 g/mol. The zero-order chi connectivity index (χ0) is 38.9. The Balaban J connectivity index is 0.00000253. The lowest BCUT2D eigenvalue weighted by Crippen LogP contribution is -2.51. The van der Waals surface area contributed by atoms with Crippen molar-refractivity contribution in [1.29, 1.82) is 0 Å². The highest BCUT2D eigenvalue weighted by molar-refractivity contribution is 7.09. The Labute approximate surface area is 326 Å². The standard InChI is InChI=1S/C40H46N8O4S.C2H6/c1-24(2)35(47-40(51)52-3)39(50)48-19-6-9-33(48)37-43-22-32(46-37)28-16-12-26(13-17-28)25-10-14-27(15-11-25)31-21-42-36(45-31)29-7-4-5-8-30(29)38(49)44-23-34-41-18-20-53-34;1-2/h10-18,20-22,24,29-30,33,35H,4-9,19,23H2,1-3H3,(H,42,45)(H,43,46)(H,44,49)(H,47,51);1-2H3/t29-,30?,33?,35?;/m1./s1. The van der Waals surface area contributed by atoms with Crippen LogP contribution in [0.15, 0.2) is 72.5 Å². The van der Waals surface area contributed by atoms with Gasteiger partial charge in [0.2, 0.25) is 11.8 Å². The SMILES string of the molecule is CC.COC(=O)NC(C(=O)N1CCCC1c1ncc(-c2ccc(-c3ccc(-c4cnc([C@@H]5CCCCC5C(=O)NCc5nccs5)[nH]4)cc3)cc2)[nH]1)C(C)C. The second-order valence-corrected chi connectivity index (χ2v) is 15.2. The van der Waals surface area contributed by atoms with Gasteiger partial charge in [0.05, 0.1) is 43.5 Å². The van der Waals surface area contributed by atoms with Crippen LogP contribution in [0, 0.1) is 11.8 Å². The number of imidazole rings is 2. The average Bonchev–Trinajstić information content (AvgIpc) is 4.07. The summed E-state index contributed by atoms with van der Waals surface area (Å²) in [6.07, 6.45) is 10.4. The van der Waals surface area contributed by atoms with Crippen LogP contribution in [0.4, 0.5) is 4.79 Å². The largest absolute Gasteiger partial charge is 0.453 e. The summed E-state index contributed by atoms with van der Waals surface area (Å²) in [5.74, 6) is 1.41. The highest BCUT2D eigenvalue weighted by Gasteiger charge is 2.38. The molecule has 2 fully saturated rings. The van der Waals surface area contributed by atoms with Crippen LogP contribution >= 0.6 is 11.3 Å². The Hall–Kier alpha value is -5.30. The van der Waals surface area contributed by atoms with Crippen molar-refractivity contribution in [2.75, 3.05) is 13.7 Å². The summed E-state index contributed by atoms with van der Waals surface area (Å²) in [7, 11) is 1.30. The van der Waals surface area contributed by atoms with E-state index in [1.54, 1.807) is 17.5 Å². The molecule has 0 spiro atoms. The number of alkyl carbamates (subject to hydrolysis) is 1. The Morgan fingerprint density at radius 2 is 1.44 bits per heavy atom. The van der Waals surface area contributed by atoms with Crippen LogP contribution in [0.3, 0.4) is 0 Å². The van der Waals surface area contributed by atoms with Crippen LogP contribution in [0.25, 0.3) is 33.6 Å². The number of aromatic amines is 2. The number of likely N-dealkylation sites (tertiary alicyclic amines) is 1. The molecule has 12 nitrogen and oxygen atoms in total. The van der Waals surface area contributed by atoms with E-state index in [4.69, 9.17) is 9.72 Å². The van der Waals surface area contributed by atoms with Gasteiger partial charge in [-0.2, -0.15) is 0 Å². The molecule has 1 saturated carbocycles. The summed E-state index contributed by atoms with van der Waals surface area (Å²) >= 11 is 1.55. The minimum atomic E-state index is -0.676. The third-order valence-corrected chi connectivity index (χ3v) is 11.3. The summed E-state index contributed by atoms with van der Waals surface area (Å²) < 4.78 is 4.76. The number of amides is 3. The summed E-state index contributed by atoms with van der Waals surface area (Å²) in [6, 6.07) is 15.9. The third-order valence-electron chi connectivity index (χ3n) is 10.5. The van der Waals surface area contributed by atoms with Gasteiger partial charge < -0.3 is 30.2 Å². The third kappa shape index (κ3) is 9.16. The van der Waals surface area contributed by atoms with Gasteiger partial charge in [-0.1, -0.05) is 89.1 Å². The first-order chi connectivity index (χ1) is 26.8. The van der Waals surface area contributed by atoms with Gasteiger partial charge in [-0.3, -0.25) is 9.59 Å². The molecule has 1 aliphatic heterocycles. The van der Waals surface area contributed by atoms with Crippen LogP contribution in [-0.2, 0) is 20.9 Å². The lowest BCUT2D eigenvalue weighted by atomic mass is 9.78. The van der Waals surface area contributed by atoms with Crippen molar-refractivity contribution in [3.05, 3.63) is 89.2 Å². The summed E-state index contributed by atoms with van der Waals surface area (Å²) in [5.41, 5.74) is 6.03. The molecule has 0 radical (unpaired) electrons. The second-order valence-electron chi connectivity index (χ2n) is 14.2. The van der Waals surface area contributed by atoms with Gasteiger partial charge in [0.25, 0.3) is 0 Å². The number of methoxy groups -OCH3 is 1. The molecule has 4 heterocycles. The Kier molecular flexibility index (Phi) is 13.1. The molecule has 0 bridgehead atoms. The predicted molar refractivity (Wildman–Crippen MR) is 215 cm³/mol. The number of carbonyl (C=O) groups is 3. The first-order valence-corrected chi connectivity index (χ1v) is 20.3. The molecule has 1 aliphatic carbocycles. The fourth-order valence-electron chi connectivity index (χ4n) is 7.61. The van der Waals surface area contributed by atoms with Crippen molar-refractivity contribution in [3.8, 4) is 33.6 Å². The number of H-pyrrole nitrogens is 2. The number of aromatic nitrogens is 5. The summed E-state index contributed by atoms with van der Waals surface area (Å²) in [6.45, 7) is 8.88. The number of benzene rings is 2. The second kappa shape index (κ2) is 18.4. The highest BCUT2D eigenvalue weighted by Crippen LogP contribution is 2.38. The predicted octanol–water partition coefficient (Wildman–Crippen LogP) is 8.25. The molecule has 55 heavy (non-hydrogen) atoms. The van der Waals surface area contributed by atoms with Gasteiger partial charge in [0.15, 0.2) is 0 Å². The van der Waals surface area contributed by atoms with Crippen LogP contribution in [0.1, 0.15) is 94.8 Å². The minimum Gasteiger partial charge on any atom is -0.453 e. The van der Waals surface area contributed by atoms with Crippen molar-refractivity contribution in [3.63, 3.8) is 0 Å². The maximum absolute atomic E-state index is 13.5. The van der Waals surface area contributed by atoms with Crippen molar-refractivity contribution in [1.82, 2.24) is 40.5 Å². The molecule has 3 amide bonds. The van der Waals surface area contributed by atoms with E-state index in [-0.39, 0.29) is 35.6 Å². The zero-order valence-electron chi connectivity index (χ0n) is 32.3. The molecular formula is C42H52N8O4S. The Bertz CT molecular complexity index is 2000. The maximum atomic E-state index is 13.5. The van der Waals surface area contributed by atoms with E-state index in [2.05, 4.69) is 79.1 Å². The number of nitrogens with zero attached hydrogens (tertiary/aromatic N) is 4. The number of rotatable bonds is 11. The van der Waals surface area contributed by atoms with Gasteiger partial charge >= 0.3 is 6.09 Å². The lowest BCUT2D eigenvalue weighted by Gasteiger charge is -2.30. The first kappa shape index (κ1) is 39.4. The van der Waals surface area contributed by atoms with Crippen LogP contribution < -0.4 is 10.6 Å². The molecule has 5 aromatic rings. The number of hydrogen-bond acceptors (Lipinski definition) is 8. The van der Waals surface area contributed by atoms with Gasteiger partial charge in [-0.15, -0.1) is 11.3 Å². The van der Waals surface area contributed by atoms with E-state index in [0.29, 0.717) is 13.1 Å². The molecule has 3 unspecified atom stereocenters. The van der Waals surface area contributed by atoms with Crippen LogP contribution in [0.5, 0.6) is 0 Å². The van der Waals surface area contributed by atoms with Gasteiger partial charge in [0.1, 0.15) is 22.7 Å². The fourth-order valence-corrected chi connectivity index (χ4v) is 8.16. The molecule has 4 N–H and O–H groups in total. The number of hydrogen-bond donors (Lipinski definition) is 4. The van der Waals surface area contributed by atoms with Crippen molar-refractivity contribution >= 4 is 29.2 Å². The summed E-state index contributed by atoms with van der Waals surface area (Å²) in [4.78, 5) is 61.2. The normalized spacial score (nSPS) is 18.7. The molecule has 2 aliphatic rings. The number of ether oxygens (including phenoxy) is 1. The quantitative estimate of drug-likeness (QED) is 0.105. The first-order valence-electron chi connectivity index (χ1n) is 19.4. The van der Waals surface area contributed by atoms with Crippen molar-refractivity contribution < 1.29 is 19.1 Å². The molecule has 3 aromatic heterocycles. The minimum absolute atomic E-state index is 0.0599. The van der Waals surface area contributed by atoms with Crippen molar-refractivity contribution in [2.24, 2.45) is 11.8 Å².